The van der Waals surface area contributed by atoms with Crippen molar-refractivity contribution in [1.29, 1.82) is 5.16 Å². The Labute approximate surface area is 73.7 Å². The number of hydrogen-bond acceptors (Lipinski definition) is 2. The quantitative estimate of drug-likeness (QED) is 0.589. The van der Waals surface area contributed by atoms with Crippen LogP contribution in [0.3, 0.4) is 0 Å². The molecule has 0 saturated carbocycles. The predicted molar refractivity (Wildman–Crippen MR) is 40.8 cm³/mol. The highest BCUT2D eigenvalue weighted by molar-refractivity contribution is 7.61. The van der Waals surface area contributed by atoms with Gasteiger partial charge in [-0.1, -0.05) is 0 Å². The minimum absolute atomic E-state index is 0.460. The highest BCUT2D eigenvalue weighted by Gasteiger charge is 2.39. The molecule has 0 bridgehead atoms. The third kappa shape index (κ3) is 6.18. The van der Waals surface area contributed by atoms with E-state index in [0.717, 1.165) is 0 Å². The van der Waals surface area contributed by atoms with E-state index < -0.39 is 31.2 Å². The van der Waals surface area contributed by atoms with Gasteiger partial charge in [0.05, 0.1) is 8.52 Å². The second kappa shape index (κ2) is 5.08. The Morgan fingerprint density at radius 1 is 1.46 bits per heavy atom. The van der Waals surface area contributed by atoms with Crippen molar-refractivity contribution in [2.24, 2.45) is 14.5 Å². The van der Waals surface area contributed by atoms with Crippen molar-refractivity contribution >= 4 is 24.8 Å². The van der Waals surface area contributed by atoms with Crippen LogP contribution >= 0.6 is 24.8 Å². The summed E-state index contributed by atoms with van der Waals surface area (Å²) in [6.07, 6.45) is -5.18. The van der Waals surface area contributed by atoms with Crippen LogP contribution in [-0.4, -0.2) is 6.36 Å². The average molecular weight is 256 g/mol. The van der Waals surface area contributed by atoms with Crippen molar-refractivity contribution in [3.8, 4) is 0 Å². The SMILES string of the molecule is N=PN=P(F)(N=PN)OC(F)(F)F. The van der Waals surface area contributed by atoms with Crippen LogP contribution < -0.4 is 5.50 Å². The maximum atomic E-state index is 12.9. The van der Waals surface area contributed by atoms with E-state index in [0.29, 0.717) is 0 Å². The van der Waals surface area contributed by atoms with Crippen LogP contribution in [0, 0.1) is 5.16 Å². The van der Waals surface area contributed by atoms with Gasteiger partial charge in [-0.25, -0.2) is 4.52 Å². The number of halogens is 4. The molecule has 0 fully saturated rings. The summed E-state index contributed by atoms with van der Waals surface area (Å²) in [6.45, 7) is 0. The van der Waals surface area contributed by atoms with E-state index in [1.807, 2.05) is 0 Å². The maximum absolute atomic E-state index is 12.9. The van der Waals surface area contributed by atoms with Crippen LogP contribution in [0.4, 0.5) is 17.4 Å². The number of nitrogens with zero attached hydrogens (tertiary/aromatic N) is 2. The minimum Gasteiger partial charge on any atom is -0.269 e. The molecule has 0 aliphatic heterocycles. The molecule has 0 aromatic heterocycles. The van der Waals surface area contributed by atoms with Crippen molar-refractivity contribution in [1.82, 2.24) is 0 Å². The van der Waals surface area contributed by atoms with Gasteiger partial charge in [0.2, 0.25) is 0 Å². The molecule has 5 nitrogen and oxygen atoms in total. The Bertz CT molecular complexity index is 261. The zero-order valence-corrected chi connectivity index (χ0v) is 8.42. The maximum Gasteiger partial charge on any atom is 0.530 e. The molecule has 0 aliphatic rings. The van der Waals surface area contributed by atoms with E-state index in [4.69, 9.17) is 5.16 Å². The fraction of sp³-hybridized carbons (Fsp3) is 1.00. The Morgan fingerprint density at radius 3 is 2.31 bits per heavy atom. The zero-order valence-electron chi connectivity index (χ0n) is 5.73. The van der Waals surface area contributed by atoms with E-state index in [1.54, 1.807) is 0 Å². The second-order valence-electron chi connectivity index (χ2n) is 1.40. The molecule has 12 heteroatoms. The first kappa shape index (κ1) is 13.1. The number of rotatable bonds is 3. The van der Waals surface area contributed by atoms with Gasteiger partial charge in [0.25, 0.3) is 0 Å². The van der Waals surface area contributed by atoms with Gasteiger partial charge in [0.15, 0.2) is 8.52 Å². The largest absolute Gasteiger partial charge is 0.530 e. The van der Waals surface area contributed by atoms with Crippen molar-refractivity contribution < 1.29 is 21.9 Å². The summed E-state index contributed by atoms with van der Waals surface area (Å²) in [6, 6.07) is 0. The van der Waals surface area contributed by atoms with Crippen LogP contribution in [0.15, 0.2) is 9.03 Å². The molecule has 0 rings (SSSR count). The van der Waals surface area contributed by atoms with Gasteiger partial charge in [0, 0.05) is 0 Å². The molecule has 13 heavy (non-hydrogen) atoms. The molecule has 0 amide bonds. The van der Waals surface area contributed by atoms with E-state index in [1.165, 1.54) is 0 Å². The van der Waals surface area contributed by atoms with E-state index in [-0.39, 0.29) is 0 Å². The van der Waals surface area contributed by atoms with Crippen LogP contribution in [0.1, 0.15) is 0 Å². The summed E-state index contributed by atoms with van der Waals surface area (Å²) in [7, 11) is -5.95. The molecule has 1 unspecified atom stereocenters. The molecule has 0 aromatic carbocycles. The van der Waals surface area contributed by atoms with Crippen molar-refractivity contribution in [2.75, 3.05) is 0 Å². The first-order chi connectivity index (χ1) is 5.83. The Balaban J connectivity index is 4.83. The molecule has 0 aromatic rings. The monoisotopic (exact) mass is 256 g/mol. The number of alkyl halides is 3. The smallest absolute Gasteiger partial charge is 0.269 e. The predicted octanol–water partition coefficient (Wildman–Crippen LogP) is 4.07. The van der Waals surface area contributed by atoms with Crippen LogP contribution in [0.2, 0.25) is 0 Å². The fourth-order valence-corrected chi connectivity index (χ4v) is 2.28. The summed E-state index contributed by atoms with van der Waals surface area (Å²) in [5.74, 6) is 0. The molecule has 1 atom stereocenters. The molecular weight excluding hydrogens is 253 g/mol. The van der Waals surface area contributed by atoms with Crippen LogP contribution in [0.5, 0.6) is 0 Å². The first-order valence-electron chi connectivity index (χ1n) is 2.40. The normalized spacial score (nSPS) is 17.6. The number of nitrogens with one attached hydrogen (secondary N) is 1. The third-order valence-electron chi connectivity index (χ3n) is 0.537. The Kier molecular flexibility index (Phi) is 5.10. The molecule has 3 N–H and O–H groups in total. The van der Waals surface area contributed by atoms with Gasteiger partial charge in [-0.3, -0.25) is 10.7 Å². The summed E-state index contributed by atoms with van der Waals surface area (Å²) in [5.41, 5.74) is 4.69. The molecule has 0 spiro atoms. The molecular formula is CH3F4N4OP3. The number of nitrogens with two attached hydrogens (primary N) is 1. The lowest BCUT2D eigenvalue weighted by Gasteiger charge is -2.10. The van der Waals surface area contributed by atoms with Gasteiger partial charge >= 0.3 is 14.1 Å². The second-order valence-corrected chi connectivity index (χ2v) is 4.39. The molecule has 76 valence electrons. The standard InChI is InChI=1S/CH3F4N4OP3/c2-1(3,4)10-13(5,8-11-6)9-12-7/h6H,(H2,7,9). The Morgan fingerprint density at radius 2 is 2.00 bits per heavy atom. The van der Waals surface area contributed by atoms with Gasteiger partial charge in [-0.05, 0) is 0 Å². The lowest BCUT2D eigenvalue weighted by Crippen LogP contribution is -2.09. The molecule has 0 saturated heterocycles. The summed E-state index contributed by atoms with van der Waals surface area (Å²) < 4.78 is 55.8. The fourth-order valence-electron chi connectivity index (χ4n) is 0.305. The summed E-state index contributed by atoms with van der Waals surface area (Å²) in [4.78, 5) is 0. The number of hydrogen-bond donors (Lipinski definition) is 2. The first-order valence-corrected chi connectivity index (χ1v) is 5.67. The van der Waals surface area contributed by atoms with Gasteiger partial charge in [0.1, 0.15) is 0 Å². The van der Waals surface area contributed by atoms with Gasteiger partial charge in [-0.15, -0.1) is 13.2 Å². The topological polar surface area (TPSA) is 83.8 Å². The minimum atomic E-state index is -5.18. The lowest BCUT2D eigenvalue weighted by atomic mass is 11.4. The van der Waals surface area contributed by atoms with Crippen molar-refractivity contribution in [3.63, 3.8) is 0 Å². The summed E-state index contributed by atoms with van der Waals surface area (Å²) >= 11 is 0. The molecule has 0 aliphatic carbocycles. The van der Waals surface area contributed by atoms with Crippen molar-refractivity contribution in [3.05, 3.63) is 0 Å². The van der Waals surface area contributed by atoms with Crippen LogP contribution in [-0.2, 0) is 4.52 Å². The lowest BCUT2D eigenvalue weighted by molar-refractivity contribution is -0.274. The van der Waals surface area contributed by atoms with Crippen molar-refractivity contribution in [2.45, 2.75) is 6.36 Å². The van der Waals surface area contributed by atoms with Crippen LogP contribution in [0.25, 0.3) is 0 Å². The van der Waals surface area contributed by atoms with Gasteiger partial charge in [-0.2, -0.15) is 13.2 Å². The average Bonchev–Trinajstić information content (AvgIpc) is 1.82. The van der Waals surface area contributed by atoms with Gasteiger partial charge < -0.3 is 0 Å². The molecule has 0 radical (unpaired) electrons. The Hall–Kier alpha value is 0.0700. The van der Waals surface area contributed by atoms with E-state index in [2.05, 4.69) is 19.1 Å². The highest BCUT2D eigenvalue weighted by Crippen LogP contribution is 2.60. The van der Waals surface area contributed by atoms with E-state index in [9.17, 15) is 17.4 Å². The molecule has 0 heterocycles. The third-order valence-corrected chi connectivity index (χ3v) is 3.51. The van der Waals surface area contributed by atoms with E-state index >= 15 is 0 Å². The highest BCUT2D eigenvalue weighted by atomic mass is 31.2. The zero-order chi connectivity index (χ0) is 10.5. The summed E-state index contributed by atoms with van der Waals surface area (Å²) in [5, 5.41) is 6.39.